The van der Waals surface area contributed by atoms with Crippen LogP contribution in [0.2, 0.25) is 5.02 Å². The SMILES string of the molecule is Cc1ccc(NC(=O)CC(=O)N2CCCc3ccccc32)cc1Cl. The Hall–Kier alpha value is -2.33. The van der Waals surface area contributed by atoms with E-state index in [4.69, 9.17) is 11.6 Å². The van der Waals surface area contributed by atoms with Crippen LogP contribution in [0.5, 0.6) is 0 Å². The fourth-order valence-electron chi connectivity index (χ4n) is 2.90. The van der Waals surface area contributed by atoms with Crippen LogP contribution >= 0.6 is 11.6 Å². The Morgan fingerprint density at radius 2 is 2.00 bits per heavy atom. The minimum atomic E-state index is -0.331. The summed E-state index contributed by atoms with van der Waals surface area (Å²) in [4.78, 5) is 26.4. The number of fused-ring (bicyclic) bond motifs is 1. The van der Waals surface area contributed by atoms with Gasteiger partial charge in [0.05, 0.1) is 0 Å². The number of benzene rings is 2. The molecule has 0 saturated carbocycles. The first-order valence-corrected chi connectivity index (χ1v) is 8.36. The van der Waals surface area contributed by atoms with Gasteiger partial charge >= 0.3 is 0 Å². The Morgan fingerprint density at radius 1 is 1.21 bits per heavy atom. The first-order chi connectivity index (χ1) is 11.5. The predicted molar refractivity (Wildman–Crippen MR) is 96.6 cm³/mol. The molecule has 24 heavy (non-hydrogen) atoms. The van der Waals surface area contributed by atoms with Crippen molar-refractivity contribution < 1.29 is 9.59 Å². The second-order valence-corrected chi connectivity index (χ2v) is 6.37. The number of aryl methyl sites for hydroxylation is 2. The molecule has 1 aliphatic rings. The maximum Gasteiger partial charge on any atom is 0.236 e. The maximum atomic E-state index is 12.5. The van der Waals surface area contributed by atoms with Gasteiger partial charge in [-0.15, -0.1) is 0 Å². The van der Waals surface area contributed by atoms with E-state index in [1.807, 2.05) is 37.3 Å². The van der Waals surface area contributed by atoms with Gasteiger partial charge in [0.2, 0.25) is 11.8 Å². The van der Waals surface area contributed by atoms with E-state index in [1.54, 1.807) is 17.0 Å². The number of hydrogen-bond donors (Lipinski definition) is 1. The number of amides is 2. The molecule has 1 N–H and O–H groups in total. The third kappa shape index (κ3) is 3.60. The van der Waals surface area contributed by atoms with Crippen LogP contribution in [-0.4, -0.2) is 18.4 Å². The topological polar surface area (TPSA) is 49.4 Å². The maximum absolute atomic E-state index is 12.5. The van der Waals surface area contributed by atoms with E-state index in [-0.39, 0.29) is 18.2 Å². The Bertz CT molecular complexity index is 789. The van der Waals surface area contributed by atoms with Crippen molar-refractivity contribution in [3.05, 3.63) is 58.6 Å². The van der Waals surface area contributed by atoms with E-state index in [1.165, 1.54) is 0 Å². The lowest BCUT2D eigenvalue weighted by Crippen LogP contribution is -2.37. The third-order valence-electron chi connectivity index (χ3n) is 4.18. The molecule has 0 bridgehead atoms. The lowest BCUT2D eigenvalue weighted by atomic mass is 10.0. The number of halogens is 1. The molecule has 0 aromatic heterocycles. The van der Waals surface area contributed by atoms with E-state index < -0.39 is 0 Å². The van der Waals surface area contributed by atoms with E-state index in [0.717, 1.165) is 29.7 Å². The normalized spacial score (nSPS) is 13.3. The van der Waals surface area contributed by atoms with Crippen LogP contribution in [0.3, 0.4) is 0 Å². The second-order valence-electron chi connectivity index (χ2n) is 5.97. The molecule has 0 radical (unpaired) electrons. The molecule has 0 unspecified atom stereocenters. The summed E-state index contributed by atoms with van der Waals surface area (Å²) < 4.78 is 0. The molecule has 3 rings (SSSR count). The Kier molecular flexibility index (Phi) is 4.86. The number of carbonyl (C=O) groups is 2. The Balaban J connectivity index is 1.67. The minimum absolute atomic E-state index is 0.181. The highest BCUT2D eigenvalue weighted by Gasteiger charge is 2.23. The fourth-order valence-corrected chi connectivity index (χ4v) is 3.08. The van der Waals surface area contributed by atoms with Gasteiger partial charge in [-0.2, -0.15) is 0 Å². The van der Waals surface area contributed by atoms with Crippen LogP contribution in [0, 0.1) is 6.92 Å². The molecule has 2 aromatic rings. The van der Waals surface area contributed by atoms with E-state index >= 15 is 0 Å². The van der Waals surface area contributed by atoms with Gasteiger partial charge in [-0.05, 0) is 49.1 Å². The molecule has 5 heteroatoms. The quantitative estimate of drug-likeness (QED) is 0.858. The number of rotatable bonds is 3. The van der Waals surface area contributed by atoms with Gasteiger partial charge in [0.15, 0.2) is 0 Å². The molecule has 0 spiro atoms. The fraction of sp³-hybridized carbons (Fsp3) is 0.263. The zero-order chi connectivity index (χ0) is 17.1. The summed E-state index contributed by atoms with van der Waals surface area (Å²) in [6, 6.07) is 13.2. The molecule has 0 aliphatic carbocycles. The second kappa shape index (κ2) is 7.05. The van der Waals surface area contributed by atoms with Crippen LogP contribution < -0.4 is 10.2 Å². The van der Waals surface area contributed by atoms with Crippen LogP contribution in [0.1, 0.15) is 24.0 Å². The molecular formula is C19H19ClN2O2. The average Bonchev–Trinajstić information content (AvgIpc) is 2.57. The van der Waals surface area contributed by atoms with Gasteiger partial charge in [0.25, 0.3) is 0 Å². The Labute approximate surface area is 146 Å². The monoisotopic (exact) mass is 342 g/mol. The molecule has 0 atom stereocenters. The van der Waals surface area contributed by atoms with Crippen LogP contribution in [-0.2, 0) is 16.0 Å². The smallest absolute Gasteiger partial charge is 0.236 e. The molecule has 1 aliphatic heterocycles. The van der Waals surface area contributed by atoms with Gasteiger partial charge in [-0.3, -0.25) is 9.59 Å². The van der Waals surface area contributed by atoms with E-state index in [0.29, 0.717) is 17.3 Å². The summed E-state index contributed by atoms with van der Waals surface area (Å²) >= 11 is 6.05. The van der Waals surface area contributed by atoms with Crippen molar-refractivity contribution in [1.82, 2.24) is 0 Å². The summed E-state index contributed by atoms with van der Waals surface area (Å²) in [5.74, 6) is -0.513. The van der Waals surface area contributed by atoms with Crippen LogP contribution in [0.4, 0.5) is 11.4 Å². The molecule has 1 heterocycles. The summed E-state index contributed by atoms with van der Waals surface area (Å²) in [6.07, 6.45) is 1.70. The third-order valence-corrected chi connectivity index (χ3v) is 4.59. The first kappa shape index (κ1) is 16.5. The van der Waals surface area contributed by atoms with Crippen LogP contribution in [0.15, 0.2) is 42.5 Å². The van der Waals surface area contributed by atoms with E-state index in [9.17, 15) is 9.59 Å². The predicted octanol–water partition coefficient (Wildman–Crippen LogP) is 3.96. The van der Waals surface area contributed by atoms with Crippen molar-refractivity contribution in [2.24, 2.45) is 0 Å². The highest BCUT2D eigenvalue weighted by atomic mass is 35.5. The number of carbonyl (C=O) groups excluding carboxylic acids is 2. The Morgan fingerprint density at radius 3 is 2.79 bits per heavy atom. The lowest BCUT2D eigenvalue weighted by molar-refractivity contribution is -0.125. The molecule has 2 aromatic carbocycles. The van der Waals surface area contributed by atoms with Crippen molar-refractivity contribution in [3.63, 3.8) is 0 Å². The largest absolute Gasteiger partial charge is 0.326 e. The number of hydrogen-bond acceptors (Lipinski definition) is 2. The van der Waals surface area contributed by atoms with Gasteiger partial charge in [-0.1, -0.05) is 35.9 Å². The molecule has 2 amide bonds. The molecule has 0 saturated heterocycles. The highest BCUT2D eigenvalue weighted by molar-refractivity contribution is 6.31. The first-order valence-electron chi connectivity index (χ1n) is 7.99. The molecule has 0 fully saturated rings. The number of nitrogens with one attached hydrogen (secondary N) is 1. The minimum Gasteiger partial charge on any atom is -0.326 e. The van der Waals surface area contributed by atoms with Crippen molar-refractivity contribution in [2.45, 2.75) is 26.2 Å². The van der Waals surface area contributed by atoms with Crippen molar-refractivity contribution in [1.29, 1.82) is 0 Å². The lowest BCUT2D eigenvalue weighted by Gasteiger charge is -2.29. The van der Waals surface area contributed by atoms with Gasteiger partial charge in [0.1, 0.15) is 6.42 Å². The number of nitrogens with zero attached hydrogens (tertiary/aromatic N) is 1. The van der Waals surface area contributed by atoms with Gasteiger partial charge in [-0.25, -0.2) is 0 Å². The van der Waals surface area contributed by atoms with Gasteiger partial charge in [0, 0.05) is 22.9 Å². The summed E-state index contributed by atoms with van der Waals surface area (Å²) in [7, 11) is 0. The summed E-state index contributed by atoms with van der Waals surface area (Å²) in [5.41, 5.74) is 3.61. The van der Waals surface area contributed by atoms with E-state index in [2.05, 4.69) is 5.32 Å². The van der Waals surface area contributed by atoms with Crippen molar-refractivity contribution in [2.75, 3.05) is 16.8 Å². The zero-order valence-electron chi connectivity index (χ0n) is 13.5. The van der Waals surface area contributed by atoms with Crippen molar-refractivity contribution in [3.8, 4) is 0 Å². The number of para-hydroxylation sites is 1. The van der Waals surface area contributed by atoms with Crippen molar-refractivity contribution >= 4 is 34.8 Å². The summed E-state index contributed by atoms with van der Waals surface area (Å²) in [5, 5.41) is 3.32. The average molecular weight is 343 g/mol. The van der Waals surface area contributed by atoms with Crippen LogP contribution in [0.25, 0.3) is 0 Å². The standard InChI is InChI=1S/C19H19ClN2O2/c1-13-8-9-15(11-16(13)20)21-18(23)12-19(24)22-10-4-6-14-5-2-3-7-17(14)22/h2-3,5,7-9,11H,4,6,10,12H2,1H3,(H,21,23). The highest BCUT2D eigenvalue weighted by Crippen LogP contribution is 2.27. The summed E-state index contributed by atoms with van der Waals surface area (Å²) in [6.45, 7) is 2.55. The molecule has 4 nitrogen and oxygen atoms in total. The van der Waals surface area contributed by atoms with Gasteiger partial charge < -0.3 is 10.2 Å². The molecule has 124 valence electrons. The molecular weight excluding hydrogens is 324 g/mol. The zero-order valence-corrected chi connectivity index (χ0v) is 14.3. The number of anilines is 2.